The zero-order chi connectivity index (χ0) is 19.4. The van der Waals surface area contributed by atoms with Crippen LogP contribution >= 0.6 is 11.3 Å². The minimum Gasteiger partial charge on any atom is -0.481 e. The van der Waals surface area contributed by atoms with E-state index in [1.165, 1.54) is 11.3 Å². The molecule has 0 saturated carbocycles. The summed E-state index contributed by atoms with van der Waals surface area (Å²) in [5.74, 6) is 0.885. The second kappa shape index (κ2) is 8.22. The van der Waals surface area contributed by atoms with Gasteiger partial charge in [0.1, 0.15) is 4.88 Å². The highest BCUT2D eigenvalue weighted by molar-refractivity contribution is 7.17. The lowest BCUT2D eigenvalue weighted by Gasteiger charge is -2.12. The summed E-state index contributed by atoms with van der Waals surface area (Å²) in [6.45, 7) is 6.20. The van der Waals surface area contributed by atoms with Crippen LogP contribution in [0.4, 0.5) is 0 Å². The number of methoxy groups -OCH3 is 1. The molecule has 140 valence electrons. The van der Waals surface area contributed by atoms with E-state index in [0.29, 0.717) is 34.6 Å². The van der Waals surface area contributed by atoms with Crippen LogP contribution in [0.2, 0.25) is 0 Å². The number of nitrogens with one attached hydrogen (secondary N) is 1. The van der Waals surface area contributed by atoms with Crippen molar-refractivity contribution < 1.29 is 9.53 Å². The SMILES string of the molecule is CCc1nc(-c2ncccn2)sc1C(=O)NCc1c(C)cc(C)nc1OC. The maximum absolute atomic E-state index is 12.8. The van der Waals surface area contributed by atoms with Crippen molar-refractivity contribution in [3.05, 3.63) is 51.9 Å². The molecule has 0 aromatic carbocycles. The first kappa shape index (κ1) is 18.9. The molecule has 1 N–H and O–H groups in total. The van der Waals surface area contributed by atoms with Crippen LogP contribution in [-0.4, -0.2) is 33.0 Å². The monoisotopic (exact) mass is 383 g/mol. The average molecular weight is 383 g/mol. The normalized spacial score (nSPS) is 10.7. The molecule has 7 nitrogen and oxygen atoms in total. The molecule has 0 saturated heterocycles. The van der Waals surface area contributed by atoms with Crippen molar-refractivity contribution in [2.24, 2.45) is 0 Å². The number of thiazole rings is 1. The number of amides is 1. The molecule has 3 aromatic rings. The van der Waals surface area contributed by atoms with Gasteiger partial charge in [0.15, 0.2) is 10.8 Å². The van der Waals surface area contributed by atoms with E-state index in [1.807, 2.05) is 26.8 Å². The van der Waals surface area contributed by atoms with Gasteiger partial charge in [-0.15, -0.1) is 11.3 Å². The van der Waals surface area contributed by atoms with Crippen molar-refractivity contribution in [1.82, 2.24) is 25.3 Å². The Labute approximate surface area is 161 Å². The molecule has 0 fully saturated rings. The van der Waals surface area contributed by atoms with Gasteiger partial charge in [0.05, 0.1) is 12.8 Å². The summed E-state index contributed by atoms with van der Waals surface area (Å²) in [5.41, 5.74) is 3.51. The van der Waals surface area contributed by atoms with Gasteiger partial charge < -0.3 is 10.1 Å². The van der Waals surface area contributed by atoms with Crippen LogP contribution in [0.1, 0.15) is 39.1 Å². The summed E-state index contributed by atoms with van der Waals surface area (Å²) < 4.78 is 5.36. The Morgan fingerprint density at radius 3 is 2.63 bits per heavy atom. The molecule has 0 spiro atoms. The van der Waals surface area contributed by atoms with E-state index in [4.69, 9.17) is 4.74 Å². The van der Waals surface area contributed by atoms with Crippen LogP contribution in [0.5, 0.6) is 5.88 Å². The number of aromatic nitrogens is 4. The van der Waals surface area contributed by atoms with Crippen LogP contribution in [0, 0.1) is 13.8 Å². The average Bonchev–Trinajstić information content (AvgIpc) is 3.11. The van der Waals surface area contributed by atoms with Crippen molar-refractivity contribution in [1.29, 1.82) is 0 Å². The van der Waals surface area contributed by atoms with Gasteiger partial charge >= 0.3 is 0 Å². The first-order chi connectivity index (χ1) is 13.0. The predicted molar refractivity (Wildman–Crippen MR) is 104 cm³/mol. The molecule has 1 amide bonds. The number of carbonyl (C=O) groups excluding carboxylic acids is 1. The number of hydrogen-bond donors (Lipinski definition) is 1. The third-order valence-corrected chi connectivity index (χ3v) is 5.14. The van der Waals surface area contributed by atoms with Crippen molar-refractivity contribution in [3.63, 3.8) is 0 Å². The van der Waals surface area contributed by atoms with Crippen LogP contribution in [0.15, 0.2) is 24.5 Å². The number of carbonyl (C=O) groups is 1. The Morgan fingerprint density at radius 1 is 1.22 bits per heavy atom. The zero-order valence-electron chi connectivity index (χ0n) is 15.7. The summed E-state index contributed by atoms with van der Waals surface area (Å²) >= 11 is 1.30. The Morgan fingerprint density at radius 2 is 1.96 bits per heavy atom. The predicted octanol–water partition coefficient (Wildman–Crippen LogP) is 3.11. The lowest BCUT2D eigenvalue weighted by molar-refractivity contribution is 0.0953. The lowest BCUT2D eigenvalue weighted by atomic mass is 10.1. The summed E-state index contributed by atoms with van der Waals surface area (Å²) in [6, 6.07) is 3.72. The number of nitrogens with zero attached hydrogens (tertiary/aromatic N) is 4. The van der Waals surface area contributed by atoms with Crippen LogP contribution in [-0.2, 0) is 13.0 Å². The quantitative estimate of drug-likeness (QED) is 0.703. The fourth-order valence-electron chi connectivity index (χ4n) is 2.74. The van der Waals surface area contributed by atoms with Gasteiger partial charge in [-0.25, -0.2) is 19.9 Å². The van der Waals surface area contributed by atoms with E-state index in [1.54, 1.807) is 25.6 Å². The molecule has 0 aliphatic rings. The van der Waals surface area contributed by atoms with Crippen LogP contribution in [0.3, 0.4) is 0 Å². The zero-order valence-corrected chi connectivity index (χ0v) is 16.6. The third-order valence-electron chi connectivity index (χ3n) is 4.05. The Balaban J connectivity index is 1.82. The molecule has 8 heteroatoms. The molecule has 0 radical (unpaired) electrons. The maximum atomic E-state index is 12.8. The van der Waals surface area contributed by atoms with E-state index in [0.717, 1.165) is 22.5 Å². The Kier molecular flexibility index (Phi) is 5.75. The minimum absolute atomic E-state index is 0.173. The van der Waals surface area contributed by atoms with Crippen molar-refractivity contribution in [3.8, 4) is 16.7 Å². The molecule has 0 atom stereocenters. The lowest BCUT2D eigenvalue weighted by Crippen LogP contribution is -2.24. The van der Waals surface area contributed by atoms with Crippen LogP contribution in [0.25, 0.3) is 10.8 Å². The van der Waals surface area contributed by atoms with E-state index in [2.05, 4.69) is 25.3 Å². The van der Waals surface area contributed by atoms with Crippen molar-refractivity contribution >= 4 is 17.2 Å². The summed E-state index contributed by atoms with van der Waals surface area (Å²) in [4.78, 5) is 30.7. The Hall–Kier alpha value is -2.87. The maximum Gasteiger partial charge on any atom is 0.263 e. The van der Waals surface area contributed by atoms with Gasteiger partial charge in [-0.05, 0) is 38.0 Å². The molecule has 0 aliphatic carbocycles. The highest BCUT2D eigenvalue weighted by atomic mass is 32.1. The van der Waals surface area contributed by atoms with Crippen molar-refractivity contribution in [2.45, 2.75) is 33.7 Å². The highest BCUT2D eigenvalue weighted by Crippen LogP contribution is 2.26. The first-order valence-electron chi connectivity index (χ1n) is 8.59. The third kappa shape index (κ3) is 4.11. The molecular weight excluding hydrogens is 362 g/mol. The number of hydrogen-bond acceptors (Lipinski definition) is 7. The molecular formula is C19H21N5O2S. The van der Waals surface area contributed by atoms with E-state index in [9.17, 15) is 4.79 Å². The van der Waals surface area contributed by atoms with Gasteiger partial charge in [0, 0.05) is 30.2 Å². The molecule has 0 aliphatic heterocycles. The fourth-order valence-corrected chi connectivity index (χ4v) is 3.75. The largest absolute Gasteiger partial charge is 0.481 e. The van der Waals surface area contributed by atoms with Gasteiger partial charge in [-0.1, -0.05) is 6.92 Å². The van der Waals surface area contributed by atoms with E-state index < -0.39 is 0 Å². The first-order valence-corrected chi connectivity index (χ1v) is 9.41. The van der Waals surface area contributed by atoms with Crippen molar-refractivity contribution in [2.75, 3.05) is 7.11 Å². The molecule has 27 heavy (non-hydrogen) atoms. The number of rotatable bonds is 6. The molecule has 0 bridgehead atoms. The minimum atomic E-state index is -0.173. The standard InChI is InChI=1S/C19H21N5O2S/c1-5-14-15(27-19(24-14)16-20-7-6-8-21-16)17(25)22-10-13-11(2)9-12(3)23-18(13)26-4/h6-9H,5,10H2,1-4H3,(H,22,25). The summed E-state index contributed by atoms with van der Waals surface area (Å²) in [7, 11) is 1.58. The number of pyridine rings is 1. The smallest absolute Gasteiger partial charge is 0.263 e. The second-order valence-electron chi connectivity index (χ2n) is 5.97. The topological polar surface area (TPSA) is 89.9 Å². The van der Waals surface area contributed by atoms with Gasteiger partial charge in [-0.2, -0.15) is 0 Å². The van der Waals surface area contributed by atoms with Gasteiger partial charge in [0.25, 0.3) is 5.91 Å². The van der Waals surface area contributed by atoms with Gasteiger partial charge in [-0.3, -0.25) is 4.79 Å². The van der Waals surface area contributed by atoms with Gasteiger partial charge in [0.2, 0.25) is 5.88 Å². The number of aryl methyl sites for hydroxylation is 3. The molecule has 3 rings (SSSR count). The summed E-state index contributed by atoms with van der Waals surface area (Å²) in [5, 5.41) is 3.60. The van der Waals surface area contributed by atoms with E-state index >= 15 is 0 Å². The highest BCUT2D eigenvalue weighted by Gasteiger charge is 2.20. The molecule has 3 heterocycles. The second-order valence-corrected chi connectivity index (χ2v) is 6.97. The molecule has 3 aromatic heterocycles. The Bertz CT molecular complexity index is 956. The van der Waals surface area contributed by atoms with E-state index in [-0.39, 0.29) is 5.91 Å². The van der Waals surface area contributed by atoms with Crippen LogP contribution < -0.4 is 10.1 Å². The fraction of sp³-hybridized carbons (Fsp3) is 0.316. The molecule has 0 unspecified atom stereocenters. The number of ether oxygens (including phenoxy) is 1. The summed E-state index contributed by atoms with van der Waals surface area (Å²) in [6.07, 6.45) is 3.98.